The van der Waals surface area contributed by atoms with Crippen LogP contribution in [0.15, 0.2) is 55.0 Å². The molecule has 0 atom stereocenters. The Morgan fingerprint density at radius 3 is 2.70 bits per heavy atom. The molecular formula is C19H20F2N4O2. The predicted octanol–water partition coefficient (Wildman–Crippen LogP) is 3.64. The van der Waals surface area contributed by atoms with Crippen LogP contribution in [0, 0.1) is 0 Å². The topological polar surface area (TPSA) is 52.4 Å². The molecule has 0 unspecified atom stereocenters. The first-order valence-corrected chi connectivity index (χ1v) is 8.29. The Morgan fingerprint density at radius 1 is 1.15 bits per heavy atom. The van der Waals surface area contributed by atoms with Gasteiger partial charge in [-0.1, -0.05) is 6.07 Å². The minimum Gasteiger partial charge on any atom is -0.493 e. The lowest BCUT2D eigenvalue weighted by Gasteiger charge is -2.19. The number of halogens is 2. The number of alkyl halides is 2. The van der Waals surface area contributed by atoms with Crippen LogP contribution in [-0.2, 0) is 13.2 Å². The number of hydrogen-bond donors (Lipinski definition) is 0. The van der Waals surface area contributed by atoms with Crippen LogP contribution < -0.4 is 9.47 Å². The first-order chi connectivity index (χ1) is 13.1. The zero-order valence-electron chi connectivity index (χ0n) is 15.0. The number of methoxy groups -OCH3 is 1. The molecule has 0 amide bonds. The fourth-order valence-corrected chi connectivity index (χ4v) is 2.80. The summed E-state index contributed by atoms with van der Waals surface area (Å²) in [5.74, 6) is 0.293. The molecule has 6 nitrogen and oxygen atoms in total. The van der Waals surface area contributed by atoms with Gasteiger partial charge in [0.25, 0.3) is 0 Å². The van der Waals surface area contributed by atoms with E-state index in [1.165, 1.54) is 7.11 Å². The lowest BCUT2D eigenvalue weighted by Crippen LogP contribution is -2.23. The normalized spacial score (nSPS) is 11.2. The lowest BCUT2D eigenvalue weighted by molar-refractivity contribution is -0.0512. The van der Waals surface area contributed by atoms with Crippen LogP contribution in [-0.4, -0.2) is 40.4 Å². The molecule has 3 rings (SSSR count). The van der Waals surface area contributed by atoms with Gasteiger partial charge in [0.05, 0.1) is 19.5 Å². The summed E-state index contributed by atoms with van der Waals surface area (Å²) in [7, 11) is 3.34. The van der Waals surface area contributed by atoms with E-state index in [0.717, 1.165) is 16.8 Å². The molecule has 142 valence electrons. The maximum atomic E-state index is 12.6. The molecule has 0 saturated carbocycles. The van der Waals surface area contributed by atoms with E-state index in [4.69, 9.17) is 4.74 Å². The Bertz CT molecular complexity index is 871. The molecule has 2 aromatic heterocycles. The Labute approximate surface area is 156 Å². The molecule has 8 heteroatoms. The second kappa shape index (κ2) is 8.59. The van der Waals surface area contributed by atoms with E-state index in [0.29, 0.717) is 13.2 Å². The van der Waals surface area contributed by atoms with Gasteiger partial charge < -0.3 is 9.47 Å². The average Bonchev–Trinajstić information content (AvgIpc) is 3.10. The second-order valence-electron chi connectivity index (χ2n) is 5.98. The third-order valence-corrected chi connectivity index (χ3v) is 3.95. The summed E-state index contributed by atoms with van der Waals surface area (Å²) in [5.41, 5.74) is 2.75. The van der Waals surface area contributed by atoms with Crippen molar-refractivity contribution in [2.75, 3.05) is 14.2 Å². The zero-order chi connectivity index (χ0) is 19.2. The van der Waals surface area contributed by atoms with E-state index >= 15 is 0 Å². The van der Waals surface area contributed by atoms with Crippen LogP contribution in [0.1, 0.15) is 5.56 Å². The summed E-state index contributed by atoms with van der Waals surface area (Å²) in [6.07, 6.45) is 5.24. The highest BCUT2D eigenvalue weighted by Gasteiger charge is 2.13. The number of aromatic nitrogens is 3. The third kappa shape index (κ3) is 4.79. The van der Waals surface area contributed by atoms with Gasteiger partial charge >= 0.3 is 6.61 Å². The molecule has 27 heavy (non-hydrogen) atoms. The maximum Gasteiger partial charge on any atom is 0.387 e. The zero-order valence-corrected chi connectivity index (χ0v) is 15.0. The van der Waals surface area contributed by atoms with Crippen molar-refractivity contribution in [2.24, 2.45) is 0 Å². The van der Waals surface area contributed by atoms with E-state index in [9.17, 15) is 8.78 Å². The van der Waals surface area contributed by atoms with Crippen molar-refractivity contribution in [3.63, 3.8) is 0 Å². The molecule has 2 heterocycles. The van der Waals surface area contributed by atoms with Crippen LogP contribution in [0.2, 0.25) is 0 Å². The number of pyridine rings is 1. The maximum absolute atomic E-state index is 12.6. The second-order valence-corrected chi connectivity index (χ2v) is 5.98. The van der Waals surface area contributed by atoms with Gasteiger partial charge in [-0.05, 0) is 42.9 Å². The standard InChI is InChI=1S/C19H20F2N4O2/c1-24(12-14-5-6-17(26-2)18(10-14)27-19(20)21)13-25-16(7-9-23-25)15-4-3-8-22-11-15/h3-11,19H,12-13H2,1-2H3. The first-order valence-electron chi connectivity index (χ1n) is 8.29. The summed E-state index contributed by atoms with van der Waals surface area (Å²) >= 11 is 0. The van der Waals surface area contributed by atoms with Crippen LogP contribution in [0.4, 0.5) is 8.78 Å². The molecule has 0 aliphatic rings. The number of rotatable bonds is 8. The third-order valence-electron chi connectivity index (χ3n) is 3.95. The van der Waals surface area contributed by atoms with Crippen molar-refractivity contribution in [3.05, 3.63) is 60.6 Å². The quantitative estimate of drug-likeness (QED) is 0.603. The SMILES string of the molecule is COc1ccc(CN(C)Cn2nccc2-c2cccnc2)cc1OC(F)F. The lowest BCUT2D eigenvalue weighted by atomic mass is 10.2. The largest absolute Gasteiger partial charge is 0.493 e. The minimum absolute atomic E-state index is 0.0218. The average molecular weight is 374 g/mol. The van der Waals surface area contributed by atoms with Gasteiger partial charge in [-0.3, -0.25) is 14.6 Å². The molecule has 1 aromatic carbocycles. The van der Waals surface area contributed by atoms with Gasteiger partial charge in [0.15, 0.2) is 11.5 Å². The van der Waals surface area contributed by atoms with E-state index < -0.39 is 6.61 Å². The fraction of sp³-hybridized carbons (Fsp3) is 0.263. The summed E-state index contributed by atoms with van der Waals surface area (Å²) in [6, 6.07) is 10.8. The van der Waals surface area contributed by atoms with E-state index in [1.807, 2.05) is 40.9 Å². The number of hydrogen-bond acceptors (Lipinski definition) is 5. The predicted molar refractivity (Wildman–Crippen MR) is 96.6 cm³/mol. The number of ether oxygens (including phenoxy) is 2. The number of nitrogens with zero attached hydrogens (tertiary/aromatic N) is 4. The molecular weight excluding hydrogens is 354 g/mol. The molecule has 0 saturated heterocycles. The highest BCUT2D eigenvalue weighted by Crippen LogP contribution is 2.30. The molecule has 0 aliphatic heterocycles. The van der Waals surface area contributed by atoms with Crippen LogP contribution in [0.25, 0.3) is 11.3 Å². The summed E-state index contributed by atoms with van der Waals surface area (Å²) in [5, 5.41) is 4.36. The van der Waals surface area contributed by atoms with E-state index in [-0.39, 0.29) is 11.5 Å². The van der Waals surface area contributed by atoms with E-state index in [2.05, 4.69) is 14.8 Å². The molecule has 0 radical (unpaired) electrons. The Balaban J connectivity index is 1.72. The Kier molecular flexibility index (Phi) is 5.97. The van der Waals surface area contributed by atoms with Gasteiger partial charge in [-0.2, -0.15) is 13.9 Å². The van der Waals surface area contributed by atoms with Crippen molar-refractivity contribution >= 4 is 0 Å². The Morgan fingerprint density at radius 2 is 2.00 bits per heavy atom. The molecule has 0 N–H and O–H groups in total. The number of benzene rings is 1. The first kappa shape index (κ1) is 18.8. The smallest absolute Gasteiger partial charge is 0.387 e. The molecule has 3 aromatic rings. The molecule has 0 fully saturated rings. The highest BCUT2D eigenvalue weighted by molar-refractivity contribution is 5.57. The van der Waals surface area contributed by atoms with Gasteiger partial charge in [0.1, 0.15) is 0 Å². The molecule has 0 bridgehead atoms. The monoisotopic (exact) mass is 374 g/mol. The van der Waals surface area contributed by atoms with Crippen molar-refractivity contribution in [3.8, 4) is 22.8 Å². The summed E-state index contributed by atoms with van der Waals surface area (Å²) < 4.78 is 36.6. The van der Waals surface area contributed by atoms with Gasteiger partial charge in [-0.15, -0.1) is 0 Å². The van der Waals surface area contributed by atoms with Crippen LogP contribution in [0.5, 0.6) is 11.5 Å². The summed E-state index contributed by atoms with van der Waals surface area (Å²) in [4.78, 5) is 6.15. The van der Waals surface area contributed by atoms with Crippen molar-refractivity contribution in [1.29, 1.82) is 0 Å². The Hall–Kier alpha value is -3.00. The van der Waals surface area contributed by atoms with Crippen LogP contribution in [0.3, 0.4) is 0 Å². The minimum atomic E-state index is -2.90. The van der Waals surface area contributed by atoms with Crippen molar-refractivity contribution in [1.82, 2.24) is 19.7 Å². The van der Waals surface area contributed by atoms with Gasteiger partial charge in [-0.25, -0.2) is 0 Å². The van der Waals surface area contributed by atoms with Gasteiger partial charge in [0, 0.05) is 30.7 Å². The van der Waals surface area contributed by atoms with Crippen molar-refractivity contribution < 1.29 is 18.3 Å². The van der Waals surface area contributed by atoms with E-state index in [1.54, 1.807) is 30.7 Å². The highest BCUT2D eigenvalue weighted by atomic mass is 19.3. The molecule has 0 aliphatic carbocycles. The molecule has 0 spiro atoms. The summed E-state index contributed by atoms with van der Waals surface area (Å²) in [6.45, 7) is -1.86. The van der Waals surface area contributed by atoms with Gasteiger partial charge in [0.2, 0.25) is 0 Å². The van der Waals surface area contributed by atoms with Crippen molar-refractivity contribution in [2.45, 2.75) is 19.8 Å². The van der Waals surface area contributed by atoms with Crippen LogP contribution >= 0.6 is 0 Å². The fourth-order valence-electron chi connectivity index (χ4n) is 2.80.